The zero-order valence-corrected chi connectivity index (χ0v) is 15.6. The predicted molar refractivity (Wildman–Crippen MR) is 101 cm³/mol. The van der Waals surface area contributed by atoms with E-state index in [-0.39, 0.29) is 23.5 Å². The van der Waals surface area contributed by atoms with Crippen LogP contribution in [0.25, 0.3) is 0 Å². The molecule has 0 unspecified atom stereocenters. The topological polar surface area (TPSA) is 84.0 Å². The molecule has 25 heavy (non-hydrogen) atoms. The maximum absolute atomic E-state index is 12.1. The molecule has 7 heteroatoms. The van der Waals surface area contributed by atoms with Crippen molar-refractivity contribution in [1.82, 2.24) is 9.97 Å². The molecule has 2 rings (SSSR count). The molecule has 1 aromatic heterocycles. The highest BCUT2D eigenvalue weighted by molar-refractivity contribution is 7.99. The van der Waals surface area contributed by atoms with Crippen molar-refractivity contribution in [2.75, 3.05) is 16.4 Å². The predicted octanol–water partition coefficient (Wildman–Crippen LogP) is 3.42. The molecule has 0 bridgehead atoms. The summed E-state index contributed by atoms with van der Waals surface area (Å²) in [7, 11) is 0. The summed E-state index contributed by atoms with van der Waals surface area (Å²) in [5.41, 5.74) is 3.15. The van der Waals surface area contributed by atoms with E-state index < -0.39 is 0 Å². The molecule has 132 valence electrons. The van der Waals surface area contributed by atoms with Gasteiger partial charge in [0.2, 0.25) is 11.8 Å². The lowest BCUT2D eigenvalue weighted by atomic mass is 10.2. The van der Waals surface area contributed by atoms with Crippen LogP contribution in [-0.2, 0) is 9.59 Å². The molecular formula is C18H22N4O2S. The van der Waals surface area contributed by atoms with Gasteiger partial charge in [-0.05, 0) is 44.2 Å². The van der Waals surface area contributed by atoms with Gasteiger partial charge < -0.3 is 10.6 Å². The van der Waals surface area contributed by atoms with Gasteiger partial charge in [-0.1, -0.05) is 25.6 Å². The zero-order valence-electron chi connectivity index (χ0n) is 14.8. The number of nitrogens with one attached hydrogen (secondary N) is 2. The van der Waals surface area contributed by atoms with Crippen LogP contribution >= 0.6 is 11.8 Å². The number of hydrogen-bond acceptors (Lipinski definition) is 5. The van der Waals surface area contributed by atoms with Crippen molar-refractivity contribution >= 4 is 35.0 Å². The Kier molecular flexibility index (Phi) is 6.52. The van der Waals surface area contributed by atoms with Crippen LogP contribution < -0.4 is 10.6 Å². The molecule has 0 aliphatic rings. The van der Waals surface area contributed by atoms with Crippen molar-refractivity contribution in [3.8, 4) is 0 Å². The standard InChI is InChI=1S/C18H22N4O2S/c1-11(2)17(24)22-15-7-5-14(6-8-15)21-16(23)10-25-18-19-12(3)9-13(4)20-18/h5-9,11H,10H2,1-4H3,(H,21,23)(H,22,24). The van der Waals surface area contributed by atoms with Gasteiger partial charge in [-0.15, -0.1) is 0 Å². The first-order chi connectivity index (χ1) is 11.8. The van der Waals surface area contributed by atoms with Crippen molar-refractivity contribution in [1.29, 1.82) is 0 Å². The van der Waals surface area contributed by atoms with E-state index in [9.17, 15) is 9.59 Å². The Balaban J connectivity index is 1.87. The molecule has 2 N–H and O–H groups in total. The lowest BCUT2D eigenvalue weighted by Gasteiger charge is -2.09. The number of hydrogen-bond donors (Lipinski definition) is 2. The Morgan fingerprint density at radius 3 is 2.04 bits per heavy atom. The fourth-order valence-electron chi connectivity index (χ4n) is 2.01. The van der Waals surface area contributed by atoms with Crippen LogP contribution in [0, 0.1) is 19.8 Å². The summed E-state index contributed by atoms with van der Waals surface area (Å²) >= 11 is 1.30. The van der Waals surface area contributed by atoms with Gasteiger partial charge in [0.25, 0.3) is 0 Å². The average Bonchev–Trinajstić information content (AvgIpc) is 2.54. The minimum absolute atomic E-state index is 0.0402. The third-order valence-corrected chi connectivity index (χ3v) is 4.10. The third kappa shape index (κ3) is 6.19. The SMILES string of the molecule is Cc1cc(C)nc(SCC(=O)Nc2ccc(NC(=O)C(C)C)cc2)n1. The molecule has 1 aromatic carbocycles. The number of aryl methyl sites for hydroxylation is 2. The highest BCUT2D eigenvalue weighted by Crippen LogP contribution is 2.17. The second-order valence-corrected chi connectivity index (χ2v) is 6.93. The van der Waals surface area contributed by atoms with Crippen LogP contribution in [-0.4, -0.2) is 27.5 Å². The number of aromatic nitrogens is 2. The van der Waals surface area contributed by atoms with Gasteiger partial charge >= 0.3 is 0 Å². The Hall–Kier alpha value is -2.41. The highest BCUT2D eigenvalue weighted by atomic mass is 32.2. The van der Waals surface area contributed by atoms with E-state index in [0.29, 0.717) is 16.5 Å². The number of rotatable bonds is 6. The smallest absolute Gasteiger partial charge is 0.234 e. The van der Waals surface area contributed by atoms with E-state index in [0.717, 1.165) is 11.4 Å². The molecule has 2 aromatic rings. The molecule has 6 nitrogen and oxygen atoms in total. The minimum Gasteiger partial charge on any atom is -0.326 e. The first kappa shape index (κ1) is 18.9. The van der Waals surface area contributed by atoms with Gasteiger partial charge in [-0.25, -0.2) is 9.97 Å². The molecule has 1 heterocycles. The van der Waals surface area contributed by atoms with Crippen molar-refractivity contribution < 1.29 is 9.59 Å². The number of carbonyl (C=O) groups excluding carboxylic acids is 2. The molecular weight excluding hydrogens is 336 g/mol. The monoisotopic (exact) mass is 358 g/mol. The molecule has 0 atom stereocenters. The Labute approximate surface area is 151 Å². The number of amides is 2. The maximum atomic E-state index is 12.1. The molecule has 2 amide bonds. The average molecular weight is 358 g/mol. The van der Waals surface area contributed by atoms with Crippen LogP contribution in [0.4, 0.5) is 11.4 Å². The van der Waals surface area contributed by atoms with Crippen molar-refractivity contribution in [2.24, 2.45) is 5.92 Å². The Morgan fingerprint density at radius 2 is 1.52 bits per heavy atom. The van der Waals surface area contributed by atoms with E-state index in [2.05, 4.69) is 20.6 Å². The van der Waals surface area contributed by atoms with Crippen molar-refractivity contribution in [2.45, 2.75) is 32.9 Å². The number of thioether (sulfide) groups is 1. The summed E-state index contributed by atoms with van der Waals surface area (Å²) in [5, 5.41) is 6.22. The lowest BCUT2D eigenvalue weighted by Crippen LogP contribution is -2.18. The number of benzene rings is 1. The van der Waals surface area contributed by atoms with Crippen LogP contribution in [0.5, 0.6) is 0 Å². The number of carbonyl (C=O) groups is 2. The summed E-state index contributed by atoms with van der Waals surface area (Å²) in [5.74, 6) is -0.0217. The molecule has 0 saturated heterocycles. The molecule has 0 aliphatic carbocycles. The fourth-order valence-corrected chi connectivity index (χ4v) is 2.76. The van der Waals surface area contributed by atoms with Crippen molar-refractivity contribution in [3.63, 3.8) is 0 Å². The van der Waals surface area contributed by atoms with E-state index in [1.54, 1.807) is 24.3 Å². The maximum Gasteiger partial charge on any atom is 0.234 e. The molecule has 0 radical (unpaired) electrons. The van der Waals surface area contributed by atoms with E-state index in [1.165, 1.54) is 11.8 Å². The largest absolute Gasteiger partial charge is 0.326 e. The number of nitrogens with zero attached hydrogens (tertiary/aromatic N) is 2. The second kappa shape index (κ2) is 8.62. The van der Waals surface area contributed by atoms with Gasteiger partial charge in [0.05, 0.1) is 5.75 Å². The van der Waals surface area contributed by atoms with Crippen LogP contribution in [0.2, 0.25) is 0 Å². The summed E-state index contributed by atoms with van der Waals surface area (Å²) in [4.78, 5) is 32.3. The first-order valence-electron chi connectivity index (χ1n) is 7.99. The fraction of sp³-hybridized carbons (Fsp3) is 0.333. The molecule has 0 fully saturated rings. The van der Waals surface area contributed by atoms with E-state index in [1.807, 2.05) is 33.8 Å². The van der Waals surface area contributed by atoms with Gasteiger partial charge in [0.1, 0.15) is 0 Å². The minimum atomic E-state index is -0.133. The number of anilines is 2. The summed E-state index contributed by atoms with van der Waals surface area (Å²) in [6.07, 6.45) is 0. The van der Waals surface area contributed by atoms with Gasteiger partial charge in [0.15, 0.2) is 5.16 Å². The summed E-state index contributed by atoms with van der Waals surface area (Å²) in [6, 6.07) is 8.92. The summed E-state index contributed by atoms with van der Waals surface area (Å²) < 4.78 is 0. The van der Waals surface area contributed by atoms with Crippen molar-refractivity contribution in [3.05, 3.63) is 41.7 Å². The highest BCUT2D eigenvalue weighted by Gasteiger charge is 2.08. The lowest BCUT2D eigenvalue weighted by molar-refractivity contribution is -0.119. The van der Waals surface area contributed by atoms with Crippen LogP contribution in [0.1, 0.15) is 25.2 Å². The van der Waals surface area contributed by atoms with Crippen LogP contribution in [0.3, 0.4) is 0 Å². The molecule has 0 aliphatic heterocycles. The second-order valence-electron chi connectivity index (χ2n) is 5.99. The normalized spacial score (nSPS) is 10.6. The Bertz CT molecular complexity index is 740. The van der Waals surface area contributed by atoms with Gasteiger partial charge in [-0.2, -0.15) is 0 Å². The van der Waals surface area contributed by atoms with Crippen LogP contribution in [0.15, 0.2) is 35.5 Å². The third-order valence-electron chi connectivity index (χ3n) is 3.25. The molecule has 0 saturated carbocycles. The summed E-state index contributed by atoms with van der Waals surface area (Å²) in [6.45, 7) is 7.47. The van der Waals surface area contributed by atoms with Gasteiger partial charge in [0, 0.05) is 28.7 Å². The molecule has 0 spiro atoms. The first-order valence-corrected chi connectivity index (χ1v) is 8.98. The quantitative estimate of drug-likeness (QED) is 0.610. The zero-order chi connectivity index (χ0) is 18.4. The Morgan fingerprint density at radius 1 is 1.00 bits per heavy atom. The van der Waals surface area contributed by atoms with Gasteiger partial charge in [-0.3, -0.25) is 9.59 Å². The van der Waals surface area contributed by atoms with E-state index >= 15 is 0 Å². The van der Waals surface area contributed by atoms with E-state index in [4.69, 9.17) is 0 Å².